The first-order valence-corrected chi connectivity index (χ1v) is 7.28. The zero-order valence-corrected chi connectivity index (χ0v) is 11.9. The van der Waals surface area contributed by atoms with Crippen LogP contribution in [0.2, 0.25) is 0 Å². The van der Waals surface area contributed by atoms with Gasteiger partial charge in [-0.25, -0.2) is 0 Å². The van der Waals surface area contributed by atoms with E-state index in [0.717, 1.165) is 24.9 Å². The average molecular weight is 228 g/mol. The van der Waals surface area contributed by atoms with Gasteiger partial charge in [0.05, 0.1) is 0 Å². The second-order valence-corrected chi connectivity index (χ2v) is 4.99. The molecule has 1 rings (SSSR count). The predicted octanol–water partition coefficient (Wildman–Crippen LogP) is 5.05. The van der Waals surface area contributed by atoms with E-state index in [1.807, 2.05) is 0 Å². The molecular weight excluding hydrogens is 196 g/mol. The lowest BCUT2D eigenvalue weighted by atomic mass is 9.76. The predicted molar refractivity (Wildman–Crippen MR) is 72.8 cm³/mol. The second-order valence-electron chi connectivity index (χ2n) is 4.99. The summed E-state index contributed by atoms with van der Waals surface area (Å²) in [6.45, 7) is 7.66. The van der Waals surface area contributed by atoms with E-state index >= 15 is 0 Å². The molecule has 1 aliphatic carbocycles. The number of ether oxygens (including phenoxy) is 1. The first-order chi connectivity index (χ1) is 7.79. The Morgan fingerprint density at radius 1 is 0.938 bits per heavy atom. The molecule has 2 unspecified atom stereocenters. The Hall–Kier alpha value is -0.0400. The minimum atomic E-state index is 0.889. The molecule has 1 nitrogen and oxygen atoms in total. The molecule has 0 N–H and O–H groups in total. The van der Waals surface area contributed by atoms with Gasteiger partial charge < -0.3 is 4.74 Å². The summed E-state index contributed by atoms with van der Waals surface area (Å²) in [7, 11) is 1.71. The minimum absolute atomic E-state index is 0.889. The molecule has 0 aromatic heterocycles. The van der Waals surface area contributed by atoms with E-state index in [1.165, 1.54) is 44.9 Å². The summed E-state index contributed by atoms with van der Waals surface area (Å²) >= 11 is 0. The van der Waals surface area contributed by atoms with Crippen molar-refractivity contribution in [2.75, 3.05) is 13.7 Å². The number of hydrogen-bond donors (Lipinski definition) is 0. The number of hydrogen-bond acceptors (Lipinski definition) is 1. The van der Waals surface area contributed by atoms with Crippen LogP contribution in [0.1, 0.15) is 72.1 Å². The molecule has 0 amide bonds. The Morgan fingerprint density at radius 3 is 1.94 bits per heavy atom. The van der Waals surface area contributed by atoms with Crippen LogP contribution in [-0.2, 0) is 4.74 Å². The lowest BCUT2D eigenvalue weighted by molar-refractivity contribution is 0.199. The summed E-state index contributed by atoms with van der Waals surface area (Å²) in [5, 5.41) is 0. The fourth-order valence-electron chi connectivity index (χ4n) is 2.78. The van der Waals surface area contributed by atoms with Crippen molar-refractivity contribution in [1.82, 2.24) is 0 Å². The van der Waals surface area contributed by atoms with Gasteiger partial charge in [0.25, 0.3) is 0 Å². The quantitative estimate of drug-likeness (QED) is 0.640. The second kappa shape index (κ2) is 11.4. The highest BCUT2D eigenvalue weighted by molar-refractivity contribution is 4.73. The molecule has 16 heavy (non-hydrogen) atoms. The summed E-state index contributed by atoms with van der Waals surface area (Å²) < 4.78 is 4.69. The molecular formula is C15H32O. The van der Waals surface area contributed by atoms with Crippen LogP contribution >= 0.6 is 0 Å². The van der Waals surface area contributed by atoms with Gasteiger partial charge >= 0.3 is 0 Å². The summed E-state index contributed by atoms with van der Waals surface area (Å²) in [5.41, 5.74) is 0. The maximum Gasteiger partial charge on any atom is 0.0459 e. The Bertz CT molecular complexity index is 129. The van der Waals surface area contributed by atoms with Crippen LogP contribution in [0, 0.1) is 11.8 Å². The number of methoxy groups -OCH3 is 1. The van der Waals surface area contributed by atoms with Gasteiger partial charge in [-0.2, -0.15) is 0 Å². The van der Waals surface area contributed by atoms with E-state index in [2.05, 4.69) is 20.8 Å². The lowest BCUT2D eigenvalue weighted by Crippen LogP contribution is -2.18. The van der Waals surface area contributed by atoms with Crippen molar-refractivity contribution in [1.29, 1.82) is 0 Å². The fourth-order valence-corrected chi connectivity index (χ4v) is 2.78. The third-order valence-electron chi connectivity index (χ3n) is 3.66. The molecule has 0 heterocycles. The van der Waals surface area contributed by atoms with Crippen molar-refractivity contribution < 1.29 is 4.74 Å². The zero-order valence-electron chi connectivity index (χ0n) is 11.9. The molecule has 1 heteroatoms. The molecule has 1 saturated carbocycles. The molecule has 0 aromatic rings. The van der Waals surface area contributed by atoms with E-state index in [0.29, 0.717) is 0 Å². The summed E-state index contributed by atoms with van der Waals surface area (Å²) in [5.74, 6) is 2.16. The monoisotopic (exact) mass is 228 g/mol. The Balaban J connectivity index is 0.000000385. The molecule has 1 aliphatic rings. The van der Waals surface area contributed by atoms with Gasteiger partial charge in [-0.1, -0.05) is 65.7 Å². The molecule has 0 bridgehead atoms. The highest BCUT2D eigenvalue weighted by atomic mass is 16.5. The molecule has 2 atom stereocenters. The SMILES string of the molecule is CCCC1CCCCC1CC.CCCOC. The number of rotatable bonds is 5. The standard InChI is InChI=1S/C11H22.C4H10O/c1-3-7-11-9-6-5-8-10(11)4-2;1-3-4-5-2/h10-11H,3-9H2,1-2H3;3-4H2,1-2H3. The van der Waals surface area contributed by atoms with Gasteiger partial charge in [-0.15, -0.1) is 0 Å². The Kier molecular flexibility index (Phi) is 11.4. The third-order valence-corrected chi connectivity index (χ3v) is 3.66. The van der Waals surface area contributed by atoms with Crippen LogP contribution in [-0.4, -0.2) is 13.7 Å². The zero-order chi connectivity index (χ0) is 12.2. The molecule has 1 fully saturated rings. The first kappa shape index (κ1) is 16.0. The molecule has 0 radical (unpaired) electrons. The Labute approximate surface area is 103 Å². The van der Waals surface area contributed by atoms with E-state index in [1.54, 1.807) is 7.11 Å². The van der Waals surface area contributed by atoms with Crippen molar-refractivity contribution in [2.24, 2.45) is 11.8 Å². The van der Waals surface area contributed by atoms with Gasteiger partial charge in [0.15, 0.2) is 0 Å². The van der Waals surface area contributed by atoms with Crippen LogP contribution in [0.4, 0.5) is 0 Å². The summed E-state index contributed by atoms with van der Waals surface area (Å²) in [4.78, 5) is 0. The van der Waals surface area contributed by atoms with E-state index in [-0.39, 0.29) is 0 Å². The van der Waals surface area contributed by atoms with Crippen LogP contribution in [0.25, 0.3) is 0 Å². The summed E-state index contributed by atoms with van der Waals surface area (Å²) in [6, 6.07) is 0. The van der Waals surface area contributed by atoms with Crippen LogP contribution in [0.3, 0.4) is 0 Å². The maximum absolute atomic E-state index is 4.69. The van der Waals surface area contributed by atoms with Crippen LogP contribution < -0.4 is 0 Å². The van der Waals surface area contributed by atoms with Crippen molar-refractivity contribution >= 4 is 0 Å². The van der Waals surface area contributed by atoms with E-state index in [9.17, 15) is 0 Å². The lowest BCUT2D eigenvalue weighted by Gasteiger charge is -2.30. The third kappa shape index (κ3) is 7.27. The maximum atomic E-state index is 4.69. The smallest absolute Gasteiger partial charge is 0.0459 e. The van der Waals surface area contributed by atoms with Crippen LogP contribution in [0.5, 0.6) is 0 Å². The van der Waals surface area contributed by atoms with Gasteiger partial charge in [0.1, 0.15) is 0 Å². The molecule has 0 spiro atoms. The summed E-state index contributed by atoms with van der Waals surface area (Å²) in [6.07, 6.45) is 11.5. The highest BCUT2D eigenvalue weighted by Gasteiger charge is 2.22. The molecule has 0 aromatic carbocycles. The minimum Gasteiger partial charge on any atom is -0.385 e. The fraction of sp³-hybridized carbons (Fsp3) is 1.00. The highest BCUT2D eigenvalue weighted by Crippen LogP contribution is 2.34. The van der Waals surface area contributed by atoms with Gasteiger partial charge in [0.2, 0.25) is 0 Å². The van der Waals surface area contributed by atoms with Gasteiger partial charge in [-0.3, -0.25) is 0 Å². The molecule has 0 aliphatic heterocycles. The molecule has 0 saturated heterocycles. The first-order valence-electron chi connectivity index (χ1n) is 7.28. The van der Waals surface area contributed by atoms with Crippen LogP contribution in [0.15, 0.2) is 0 Å². The van der Waals surface area contributed by atoms with Gasteiger partial charge in [0, 0.05) is 13.7 Å². The Morgan fingerprint density at radius 2 is 1.56 bits per heavy atom. The van der Waals surface area contributed by atoms with Gasteiger partial charge in [-0.05, 0) is 18.3 Å². The normalized spacial score (nSPS) is 24.8. The van der Waals surface area contributed by atoms with E-state index < -0.39 is 0 Å². The van der Waals surface area contributed by atoms with E-state index in [4.69, 9.17) is 4.74 Å². The molecule has 98 valence electrons. The topological polar surface area (TPSA) is 9.23 Å². The average Bonchev–Trinajstić information content (AvgIpc) is 2.32. The van der Waals surface area contributed by atoms with Crippen molar-refractivity contribution in [3.63, 3.8) is 0 Å². The van der Waals surface area contributed by atoms with Crippen molar-refractivity contribution in [3.8, 4) is 0 Å². The largest absolute Gasteiger partial charge is 0.385 e. The van der Waals surface area contributed by atoms with Crippen molar-refractivity contribution in [3.05, 3.63) is 0 Å². The van der Waals surface area contributed by atoms with Crippen molar-refractivity contribution in [2.45, 2.75) is 72.1 Å².